The van der Waals surface area contributed by atoms with Gasteiger partial charge in [0.1, 0.15) is 0 Å². The molecule has 1 aromatic carbocycles. The lowest BCUT2D eigenvalue weighted by Crippen LogP contribution is -2.44. The summed E-state index contributed by atoms with van der Waals surface area (Å²) in [5, 5.41) is 6.24. The standard InChI is InChI=1S/C19H29N3O3.ClH/c1-3-5-16-6-7-17(18(14-16)24-2)25-15-19(23)21-8-4-11-22-12-9-20-10-13-22;/h3,5-7,14,20H,4,8-13,15H2,1-2H3,(H,21,23);1H/b5-3+;. The van der Waals surface area contributed by atoms with E-state index >= 15 is 0 Å². The van der Waals surface area contributed by atoms with Gasteiger partial charge in [-0.15, -0.1) is 12.4 Å². The summed E-state index contributed by atoms with van der Waals surface area (Å²) in [5.41, 5.74) is 1.03. The van der Waals surface area contributed by atoms with E-state index in [0.717, 1.165) is 44.7 Å². The van der Waals surface area contributed by atoms with Crippen molar-refractivity contribution in [1.29, 1.82) is 0 Å². The lowest BCUT2D eigenvalue weighted by atomic mass is 10.2. The number of piperazine rings is 1. The fourth-order valence-electron chi connectivity index (χ4n) is 2.76. The van der Waals surface area contributed by atoms with Crippen molar-refractivity contribution < 1.29 is 14.3 Å². The van der Waals surface area contributed by atoms with Gasteiger partial charge in [0.05, 0.1) is 7.11 Å². The topological polar surface area (TPSA) is 62.8 Å². The van der Waals surface area contributed by atoms with Crippen molar-refractivity contribution in [1.82, 2.24) is 15.5 Å². The van der Waals surface area contributed by atoms with Crippen molar-refractivity contribution in [3.8, 4) is 11.5 Å². The number of allylic oxidation sites excluding steroid dienone is 1. The molecule has 2 rings (SSSR count). The second kappa shape index (κ2) is 12.6. The molecule has 6 nitrogen and oxygen atoms in total. The smallest absolute Gasteiger partial charge is 0.257 e. The van der Waals surface area contributed by atoms with Crippen molar-refractivity contribution in [3.05, 3.63) is 29.8 Å². The molecule has 1 fully saturated rings. The molecule has 0 bridgehead atoms. The Hall–Kier alpha value is -1.76. The highest BCUT2D eigenvalue weighted by Gasteiger charge is 2.10. The normalized spacial score (nSPS) is 14.7. The van der Waals surface area contributed by atoms with Gasteiger partial charge in [-0.2, -0.15) is 0 Å². The summed E-state index contributed by atoms with van der Waals surface area (Å²) in [6, 6.07) is 5.65. The molecule has 1 saturated heterocycles. The van der Waals surface area contributed by atoms with Crippen LogP contribution in [-0.4, -0.2) is 63.8 Å². The van der Waals surface area contributed by atoms with E-state index in [0.29, 0.717) is 18.0 Å². The molecule has 2 N–H and O–H groups in total. The Morgan fingerprint density at radius 2 is 2.08 bits per heavy atom. The Morgan fingerprint density at radius 3 is 2.77 bits per heavy atom. The Kier molecular flexibility index (Phi) is 10.8. The van der Waals surface area contributed by atoms with E-state index in [-0.39, 0.29) is 24.9 Å². The first-order chi connectivity index (χ1) is 12.2. The van der Waals surface area contributed by atoms with Gasteiger partial charge in [-0.05, 0) is 37.6 Å². The molecule has 0 radical (unpaired) electrons. The van der Waals surface area contributed by atoms with Crippen molar-refractivity contribution in [3.63, 3.8) is 0 Å². The molecular formula is C19H30ClN3O3. The summed E-state index contributed by atoms with van der Waals surface area (Å²) in [4.78, 5) is 14.3. The third-order valence-corrected chi connectivity index (χ3v) is 4.09. The van der Waals surface area contributed by atoms with Gasteiger partial charge in [0, 0.05) is 32.7 Å². The molecule has 0 spiro atoms. The van der Waals surface area contributed by atoms with Gasteiger partial charge >= 0.3 is 0 Å². The molecule has 26 heavy (non-hydrogen) atoms. The van der Waals surface area contributed by atoms with Crippen LogP contribution >= 0.6 is 12.4 Å². The minimum Gasteiger partial charge on any atom is -0.493 e. The van der Waals surface area contributed by atoms with E-state index in [4.69, 9.17) is 9.47 Å². The number of benzene rings is 1. The van der Waals surface area contributed by atoms with E-state index in [2.05, 4.69) is 15.5 Å². The number of halogens is 1. The second-order valence-corrected chi connectivity index (χ2v) is 5.99. The van der Waals surface area contributed by atoms with Crippen LogP contribution in [0.2, 0.25) is 0 Å². The summed E-state index contributed by atoms with van der Waals surface area (Å²) in [6.07, 6.45) is 4.90. The fourth-order valence-corrected chi connectivity index (χ4v) is 2.76. The number of hydrogen-bond acceptors (Lipinski definition) is 5. The number of ether oxygens (including phenoxy) is 2. The minimum atomic E-state index is -0.111. The number of methoxy groups -OCH3 is 1. The monoisotopic (exact) mass is 383 g/mol. The molecule has 0 atom stereocenters. The van der Waals surface area contributed by atoms with Gasteiger partial charge in [0.15, 0.2) is 18.1 Å². The highest BCUT2D eigenvalue weighted by atomic mass is 35.5. The van der Waals surface area contributed by atoms with Crippen molar-refractivity contribution in [2.24, 2.45) is 0 Å². The van der Waals surface area contributed by atoms with Gasteiger partial charge in [-0.25, -0.2) is 0 Å². The molecule has 1 aromatic rings. The van der Waals surface area contributed by atoms with Crippen molar-refractivity contribution >= 4 is 24.4 Å². The van der Waals surface area contributed by atoms with Crippen LogP contribution in [0.1, 0.15) is 18.9 Å². The zero-order valence-corrected chi connectivity index (χ0v) is 16.4. The van der Waals surface area contributed by atoms with E-state index < -0.39 is 0 Å². The van der Waals surface area contributed by atoms with Gasteiger partial charge in [-0.3, -0.25) is 4.79 Å². The molecule has 0 aromatic heterocycles. The zero-order chi connectivity index (χ0) is 17.9. The molecule has 1 amide bonds. The van der Waals surface area contributed by atoms with Crippen molar-refractivity contribution in [2.45, 2.75) is 13.3 Å². The van der Waals surface area contributed by atoms with E-state index in [1.165, 1.54) is 0 Å². The largest absolute Gasteiger partial charge is 0.493 e. The lowest BCUT2D eigenvalue weighted by Gasteiger charge is -2.27. The minimum absolute atomic E-state index is 0. The maximum atomic E-state index is 11.9. The predicted molar refractivity (Wildman–Crippen MR) is 107 cm³/mol. The second-order valence-electron chi connectivity index (χ2n) is 5.99. The maximum Gasteiger partial charge on any atom is 0.257 e. The first kappa shape index (κ1) is 22.3. The fraction of sp³-hybridized carbons (Fsp3) is 0.526. The Morgan fingerprint density at radius 1 is 1.31 bits per heavy atom. The van der Waals surface area contributed by atoms with Crippen LogP contribution in [0.15, 0.2) is 24.3 Å². The average molecular weight is 384 g/mol. The molecule has 0 aliphatic carbocycles. The van der Waals surface area contributed by atoms with Gasteiger partial charge in [0.25, 0.3) is 5.91 Å². The summed E-state index contributed by atoms with van der Waals surface area (Å²) >= 11 is 0. The summed E-state index contributed by atoms with van der Waals surface area (Å²) in [6.45, 7) is 7.91. The number of carbonyl (C=O) groups is 1. The molecule has 1 aliphatic heterocycles. The zero-order valence-electron chi connectivity index (χ0n) is 15.6. The quantitative estimate of drug-likeness (QED) is 0.638. The maximum absolute atomic E-state index is 11.9. The van der Waals surface area contributed by atoms with Gasteiger partial charge in [-0.1, -0.05) is 18.2 Å². The van der Waals surface area contributed by atoms with Crippen LogP contribution in [0.25, 0.3) is 6.08 Å². The third-order valence-electron chi connectivity index (χ3n) is 4.09. The molecule has 146 valence electrons. The summed E-state index contributed by atoms with van der Waals surface area (Å²) in [7, 11) is 1.60. The molecule has 0 unspecified atom stereocenters. The molecule has 0 saturated carbocycles. The van der Waals surface area contributed by atoms with E-state index in [1.54, 1.807) is 7.11 Å². The van der Waals surface area contributed by atoms with Crippen LogP contribution < -0.4 is 20.1 Å². The van der Waals surface area contributed by atoms with Crippen LogP contribution in [0.5, 0.6) is 11.5 Å². The summed E-state index contributed by atoms with van der Waals surface area (Å²) < 4.78 is 10.9. The Balaban J connectivity index is 0.00000338. The van der Waals surface area contributed by atoms with E-state index in [1.807, 2.05) is 37.3 Å². The highest BCUT2D eigenvalue weighted by molar-refractivity contribution is 5.85. The van der Waals surface area contributed by atoms with Crippen LogP contribution in [0.3, 0.4) is 0 Å². The molecule has 1 heterocycles. The van der Waals surface area contributed by atoms with Crippen LogP contribution in [0, 0.1) is 0 Å². The highest BCUT2D eigenvalue weighted by Crippen LogP contribution is 2.28. The Bertz CT molecular complexity index is 575. The van der Waals surface area contributed by atoms with Crippen LogP contribution in [0.4, 0.5) is 0 Å². The average Bonchev–Trinajstić information content (AvgIpc) is 2.65. The SMILES string of the molecule is C/C=C/c1ccc(OCC(=O)NCCCN2CCNCC2)c(OC)c1.Cl. The van der Waals surface area contributed by atoms with Gasteiger partial charge in [0.2, 0.25) is 0 Å². The first-order valence-corrected chi connectivity index (χ1v) is 8.86. The van der Waals surface area contributed by atoms with Crippen molar-refractivity contribution in [2.75, 3.05) is 53.0 Å². The number of hydrogen-bond donors (Lipinski definition) is 2. The number of carbonyl (C=O) groups excluding carboxylic acids is 1. The predicted octanol–water partition coefficient (Wildman–Crippen LogP) is 1.94. The number of amides is 1. The first-order valence-electron chi connectivity index (χ1n) is 8.86. The lowest BCUT2D eigenvalue weighted by molar-refractivity contribution is -0.123. The molecular weight excluding hydrogens is 354 g/mol. The summed E-state index contributed by atoms with van der Waals surface area (Å²) in [5.74, 6) is 1.09. The Labute approximate surface area is 162 Å². The molecule has 7 heteroatoms. The molecule has 1 aliphatic rings. The number of rotatable bonds is 9. The number of nitrogens with zero attached hydrogens (tertiary/aromatic N) is 1. The van der Waals surface area contributed by atoms with Gasteiger partial charge < -0.3 is 25.0 Å². The van der Waals surface area contributed by atoms with E-state index in [9.17, 15) is 4.79 Å². The number of nitrogens with one attached hydrogen (secondary N) is 2. The van der Waals surface area contributed by atoms with Crippen LogP contribution in [-0.2, 0) is 4.79 Å². The third kappa shape index (κ3) is 7.64.